The molecule has 3 aromatic rings. The standard InChI is InChI=1S/C20H18ClFN2O3/c1-24(10-9-14-5-3-2-4-6-14)20(25)18-12-16(27-23-18)13-26-19-8-7-15(22)11-17(19)21/h2-8,11-12H,9-10,13H2,1H3. The van der Waals surface area contributed by atoms with Crippen molar-refractivity contribution in [3.63, 3.8) is 0 Å². The van der Waals surface area contributed by atoms with Gasteiger partial charge in [0.1, 0.15) is 18.2 Å². The Morgan fingerprint density at radius 1 is 1.22 bits per heavy atom. The van der Waals surface area contributed by atoms with Crippen LogP contribution in [-0.4, -0.2) is 29.6 Å². The first-order chi connectivity index (χ1) is 13.0. The van der Waals surface area contributed by atoms with Crippen LogP contribution in [0.4, 0.5) is 4.39 Å². The molecule has 0 saturated heterocycles. The number of hydrogen-bond donors (Lipinski definition) is 0. The van der Waals surface area contributed by atoms with Crippen molar-refractivity contribution in [3.8, 4) is 5.75 Å². The molecule has 0 radical (unpaired) electrons. The fourth-order valence-electron chi connectivity index (χ4n) is 2.46. The summed E-state index contributed by atoms with van der Waals surface area (Å²) in [6.45, 7) is 0.589. The molecule has 2 aromatic carbocycles. The van der Waals surface area contributed by atoms with Gasteiger partial charge >= 0.3 is 0 Å². The molecule has 0 aliphatic heterocycles. The largest absolute Gasteiger partial charge is 0.484 e. The monoisotopic (exact) mass is 388 g/mol. The van der Waals surface area contributed by atoms with Crippen LogP contribution >= 0.6 is 11.6 Å². The first kappa shape index (κ1) is 18.9. The SMILES string of the molecule is CN(CCc1ccccc1)C(=O)c1cc(COc2ccc(F)cc2Cl)on1. The van der Waals surface area contributed by atoms with Gasteiger partial charge in [0.25, 0.3) is 5.91 Å². The molecule has 1 aromatic heterocycles. The molecule has 3 rings (SSSR count). The Bertz CT molecular complexity index is 915. The summed E-state index contributed by atoms with van der Waals surface area (Å²) >= 11 is 5.91. The second-order valence-corrected chi connectivity index (χ2v) is 6.41. The fourth-order valence-corrected chi connectivity index (χ4v) is 2.68. The quantitative estimate of drug-likeness (QED) is 0.603. The van der Waals surface area contributed by atoms with Crippen molar-refractivity contribution in [3.05, 3.63) is 82.5 Å². The predicted octanol–water partition coefficient (Wildman–Crippen LogP) is 4.36. The van der Waals surface area contributed by atoms with Crippen LogP contribution in [-0.2, 0) is 13.0 Å². The average Bonchev–Trinajstić information content (AvgIpc) is 3.14. The maximum absolute atomic E-state index is 13.0. The summed E-state index contributed by atoms with van der Waals surface area (Å²) in [7, 11) is 1.72. The maximum Gasteiger partial charge on any atom is 0.275 e. The summed E-state index contributed by atoms with van der Waals surface area (Å²) in [5.41, 5.74) is 1.36. The molecule has 0 aliphatic rings. The summed E-state index contributed by atoms with van der Waals surface area (Å²) < 4.78 is 23.7. The molecule has 0 fully saturated rings. The van der Waals surface area contributed by atoms with E-state index in [0.717, 1.165) is 18.1 Å². The van der Waals surface area contributed by atoms with Crippen LogP contribution < -0.4 is 4.74 Å². The number of benzene rings is 2. The molecule has 0 aliphatic carbocycles. The third kappa shape index (κ3) is 5.08. The second kappa shape index (κ2) is 8.68. The Balaban J connectivity index is 1.55. The van der Waals surface area contributed by atoms with Gasteiger partial charge in [0.05, 0.1) is 5.02 Å². The molecule has 7 heteroatoms. The minimum Gasteiger partial charge on any atom is -0.484 e. The Labute approximate surface area is 161 Å². The molecule has 0 spiro atoms. The van der Waals surface area contributed by atoms with Gasteiger partial charge in [-0.1, -0.05) is 47.1 Å². The third-order valence-corrected chi connectivity index (χ3v) is 4.26. The Hall–Kier alpha value is -2.86. The topological polar surface area (TPSA) is 55.6 Å². The number of ether oxygens (including phenoxy) is 1. The highest BCUT2D eigenvalue weighted by atomic mass is 35.5. The van der Waals surface area contributed by atoms with Crippen LogP contribution in [0, 0.1) is 5.82 Å². The lowest BCUT2D eigenvalue weighted by molar-refractivity contribution is 0.0786. The van der Waals surface area contributed by atoms with Crippen LogP contribution in [0.5, 0.6) is 5.75 Å². The van der Waals surface area contributed by atoms with Crippen molar-refractivity contribution in [2.45, 2.75) is 13.0 Å². The molecular formula is C20H18ClFN2O3. The normalized spacial score (nSPS) is 10.6. The van der Waals surface area contributed by atoms with E-state index in [4.69, 9.17) is 20.9 Å². The number of likely N-dealkylation sites (N-methyl/N-ethyl adjacent to an activating group) is 1. The molecule has 140 valence electrons. The zero-order valence-electron chi connectivity index (χ0n) is 14.7. The van der Waals surface area contributed by atoms with Crippen molar-refractivity contribution in [2.24, 2.45) is 0 Å². The van der Waals surface area contributed by atoms with E-state index in [1.54, 1.807) is 11.9 Å². The number of rotatable bonds is 7. The molecule has 27 heavy (non-hydrogen) atoms. The minimum atomic E-state index is -0.446. The minimum absolute atomic E-state index is 0.0271. The van der Waals surface area contributed by atoms with Crippen molar-refractivity contribution < 1.29 is 18.4 Å². The molecule has 0 atom stereocenters. The van der Waals surface area contributed by atoms with E-state index >= 15 is 0 Å². The lowest BCUT2D eigenvalue weighted by Crippen LogP contribution is -2.29. The van der Waals surface area contributed by atoms with E-state index in [1.807, 2.05) is 30.3 Å². The number of hydrogen-bond acceptors (Lipinski definition) is 4. The highest BCUT2D eigenvalue weighted by Gasteiger charge is 2.17. The highest BCUT2D eigenvalue weighted by Crippen LogP contribution is 2.25. The number of nitrogens with zero attached hydrogens (tertiary/aromatic N) is 2. The number of amides is 1. The summed E-state index contributed by atoms with van der Waals surface area (Å²) in [5.74, 6) is 0.0108. The van der Waals surface area contributed by atoms with Crippen LogP contribution in [0.2, 0.25) is 5.02 Å². The molecule has 0 bridgehead atoms. The van der Waals surface area contributed by atoms with Crippen LogP contribution in [0.3, 0.4) is 0 Å². The van der Waals surface area contributed by atoms with Crippen molar-refractivity contribution in [2.75, 3.05) is 13.6 Å². The molecule has 5 nitrogen and oxygen atoms in total. The summed E-state index contributed by atoms with van der Waals surface area (Å²) in [4.78, 5) is 14.0. The molecule has 1 amide bonds. The van der Waals surface area contributed by atoms with E-state index < -0.39 is 5.82 Å². The number of carbonyl (C=O) groups is 1. The first-order valence-corrected chi connectivity index (χ1v) is 8.73. The van der Waals surface area contributed by atoms with Gasteiger partial charge in [-0.2, -0.15) is 0 Å². The highest BCUT2D eigenvalue weighted by molar-refractivity contribution is 6.32. The van der Waals surface area contributed by atoms with Gasteiger partial charge < -0.3 is 14.2 Å². The van der Waals surface area contributed by atoms with E-state index in [0.29, 0.717) is 18.1 Å². The van der Waals surface area contributed by atoms with E-state index in [1.165, 1.54) is 18.2 Å². The van der Waals surface area contributed by atoms with Crippen molar-refractivity contribution in [1.82, 2.24) is 10.1 Å². The number of aromatic nitrogens is 1. The van der Waals surface area contributed by atoms with Gasteiger partial charge in [-0.05, 0) is 30.2 Å². The zero-order valence-corrected chi connectivity index (χ0v) is 15.4. The first-order valence-electron chi connectivity index (χ1n) is 8.36. The Morgan fingerprint density at radius 2 is 2.00 bits per heavy atom. The van der Waals surface area contributed by atoms with Crippen LogP contribution in [0.25, 0.3) is 0 Å². The summed E-state index contributed by atoms with van der Waals surface area (Å²) in [6, 6.07) is 15.3. The van der Waals surface area contributed by atoms with Gasteiger partial charge in [-0.3, -0.25) is 4.79 Å². The van der Waals surface area contributed by atoms with Crippen molar-refractivity contribution >= 4 is 17.5 Å². The Kier molecular flexibility index (Phi) is 6.08. The molecule has 0 N–H and O–H groups in total. The zero-order chi connectivity index (χ0) is 19.2. The molecular weight excluding hydrogens is 371 g/mol. The van der Waals surface area contributed by atoms with E-state index in [2.05, 4.69) is 5.16 Å². The predicted molar refractivity (Wildman–Crippen MR) is 99.4 cm³/mol. The van der Waals surface area contributed by atoms with Crippen molar-refractivity contribution in [1.29, 1.82) is 0 Å². The third-order valence-electron chi connectivity index (χ3n) is 3.97. The lowest BCUT2D eigenvalue weighted by atomic mass is 10.1. The van der Waals surface area contributed by atoms with E-state index in [9.17, 15) is 9.18 Å². The van der Waals surface area contributed by atoms with Gasteiger partial charge in [-0.15, -0.1) is 0 Å². The second-order valence-electron chi connectivity index (χ2n) is 6.00. The average molecular weight is 389 g/mol. The number of halogens is 2. The van der Waals surface area contributed by atoms with Gasteiger partial charge in [0, 0.05) is 19.7 Å². The van der Waals surface area contributed by atoms with Crippen LogP contribution in [0.1, 0.15) is 21.8 Å². The lowest BCUT2D eigenvalue weighted by Gasteiger charge is -2.15. The van der Waals surface area contributed by atoms with Gasteiger partial charge in [-0.25, -0.2) is 4.39 Å². The maximum atomic E-state index is 13.0. The van der Waals surface area contributed by atoms with Crippen LogP contribution in [0.15, 0.2) is 59.1 Å². The van der Waals surface area contributed by atoms with Gasteiger partial charge in [0.15, 0.2) is 11.5 Å². The fraction of sp³-hybridized carbons (Fsp3) is 0.200. The molecule has 0 saturated carbocycles. The van der Waals surface area contributed by atoms with E-state index in [-0.39, 0.29) is 23.2 Å². The summed E-state index contributed by atoms with van der Waals surface area (Å²) in [6.07, 6.45) is 0.750. The number of carbonyl (C=O) groups excluding carboxylic acids is 1. The smallest absolute Gasteiger partial charge is 0.275 e. The van der Waals surface area contributed by atoms with Gasteiger partial charge in [0.2, 0.25) is 0 Å². The molecule has 0 unspecified atom stereocenters. The Morgan fingerprint density at radius 3 is 2.74 bits per heavy atom. The molecule has 1 heterocycles. The summed E-state index contributed by atoms with van der Waals surface area (Å²) in [5, 5.41) is 3.96.